The lowest BCUT2D eigenvalue weighted by molar-refractivity contribution is 0.393. The van der Waals surface area contributed by atoms with Crippen molar-refractivity contribution in [2.45, 2.75) is 38.3 Å². The van der Waals surface area contributed by atoms with Crippen LogP contribution in [-0.4, -0.2) is 25.9 Å². The zero-order valence-corrected chi connectivity index (χ0v) is 11.4. The summed E-state index contributed by atoms with van der Waals surface area (Å²) in [4.78, 5) is 4.32. The minimum absolute atomic E-state index is 0.477. The number of piperidine rings is 1. The highest BCUT2D eigenvalue weighted by Gasteiger charge is 2.18. The molecule has 1 aliphatic rings. The summed E-state index contributed by atoms with van der Waals surface area (Å²) in [6.07, 6.45) is 12.8. The molecule has 1 fully saturated rings. The third-order valence-electron chi connectivity index (χ3n) is 3.81. The van der Waals surface area contributed by atoms with Crippen LogP contribution in [-0.2, 0) is 20.0 Å². The van der Waals surface area contributed by atoms with Gasteiger partial charge in [-0.15, -0.1) is 0 Å². The normalized spacial score (nSPS) is 19.7. The van der Waals surface area contributed by atoms with E-state index in [0.717, 1.165) is 19.5 Å². The molecule has 1 saturated heterocycles. The van der Waals surface area contributed by atoms with Crippen molar-refractivity contribution in [3.8, 4) is 0 Å². The Balaban J connectivity index is 1.66. The van der Waals surface area contributed by atoms with Gasteiger partial charge in [-0.2, -0.15) is 5.10 Å². The zero-order chi connectivity index (χ0) is 13.1. The van der Waals surface area contributed by atoms with Gasteiger partial charge in [0.15, 0.2) is 0 Å². The maximum absolute atomic E-state index is 4.32. The fraction of sp³-hybridized carbons (Fsp3) is 0.571. The highest BCUT2D eigenvalue weighted by atomic mass is 15.2. The van der Waals surface area contributed by atoms with E-state index in [4.69, 9.17) is 0 Å². The molecule has 1 N–H and O–H groups in total. The van der Waals surface area contributed by atoms with E-state index >= 15 is 0 Å². The largest absolute Gasteiger partial charge is 0.333 e. The summed E-state index contributed by atoms with van der Waals surface area (Å²) in [5, 5.41) is 7.80. The van der Waals surface area contributed by atoms with E-state index in [1.165, 1.54) is 30.5 Å². The Kier molecular flexibility index (Phi) is 3.64. The van der Waals surface area contributed by atoms with Crippen LogP contribution in [0.25, 0.3) is 0 Å². The molecular weight excluding hydrogens is 238 g/mol. The van der Waals surface area contributed by atoms with Crippen LogP contribution in [0.3, 0.4) is 0 Å². The van der Waals surface area contributed by atoms with Crippen molar-refractivity contribution in [1.29, 1.82) is 0 Å². The first-order valence-electron chi connectivity index (χ1n) is 7.04. The standard InChI is InChI=1S/C14H21N5/c1-18-10-12(8-17-18)5-7-19-11-15-9-14(19)13-4-2-3-6-16-13/h8-11,13,16H,2-7H2,1H3. The van der Waals surface area contributed by atoms with Crippen LogP contribution in [0.5, 0.6) is 0 Å². The molecule has 3 heterocycles. The first-order chi connectivity index (χ1) is 9.33. The van der Waals surface area contributed by atoms with Crippen molar-refractivity contribution in [2.75, 3.05) is 6.54 Å². The first kappa shape index (κ1) is 12.4. The van der Waals surface area contributed by atoms with Gasteiger partial charge in [-0.1, -0.05) is 6.42 Å². The predicted octanol–water partition coefficient (Wildman–Crippen LogP) is 1.67. The summed E-state index contributed by atoms with van der Waals surface area (Å²) in [6.45, 7) is 2.09. The Morgan fingerprint density at radius 2 is 2.32 bits per heavy atom. The van der Waals surface area contributed by atoms with Gasteiger partial charge in [0.05, 0.1) is 18.2 Å². The molecule has 0 aliphatic carbocycles. The number of nitrogens with one attached hydrogen (secondary N) is 1. The summed E-state index contributed by atoms with van der Waals surface area (Å²) in [7, 11) is 1.96. The number of rotatable bonds is 4. The van der Waals surface area contributed by atoms with Crippen LogP contribution in [0.4, 0.5) is 0 Å². The summed E-state index contributed by atoms with van der Waals surface area (Å²) in [5.41, 5.74) is 2.60. The molecule has 2 aromatic heterocycles. The molecule has 1 aliphatic heterocycles. The molecule has 5 heteroatoms. The lowest BCUT2D eigenvalue weighted by atomic mass is 10.0. The van der Waals surface area contributed by atoms with Crippen molar-refractivity contribution in [1.82, 2.24) is 24.6 Å². The monoisotopic (exact) mass is 259 g/mol. The van der Waals surface area contributed by atoms with E-state index in [1.54, 1.807) is 0 Å². The van der Waals surface area contributed by atoms with Gasteiger partial charge in [-0.25, -0.2) is 4.98 Å². The van der Waals surface area contributed by atoms with Crippen LogP contribution in [0, 0.1) is 0 Å². The van der Waals surface area contributed by atoms with Gasteiger partial charge in [-0.3, -0.25) is 4.68 Å². The molecule has 5 nitrogen and oxygen atoms in total. The van der Waals surface area contributed by atoms with E-state index in [2.05, 4.69) is 26.2 Å². The number of hydrogen-bond donors (Lipinski definition) is 1. The molecule has 2 aromatic rings. The van der Waals surface area contributed by atoms with Crippen LogP contribution in [0.2, 0.25) is 0 Å². The molecule has 0 bridgehead atoms. The van der Waals surface area contributed by atoms with Gasteiger partial charge < -0.3 is 9.88 Å². The van der Waals surface area contributed by atoms with Crippen molar-refractivity contribution in [2.24, 2.45) is 7.05 Å². The first-order valence-corrected chi connectivity index (χ1v) is 7.04. The molecule has 1 unspecified atom stereocenters. The van der Waals surface area contributed by atoms with Gasteiger partial charge in [0, 0.05) is 32.0 Å². The molecule has 3 rings (SSSR count). The van der Waals surface area contributed by atoms with Crippen LogP contribution in [0.15, 0.2) is 24.9 Å². The van der Waals surface area contributed by atoms with Gasteiger partial charge >= 0.3 is 0 Å². The Labute approximate surface area is 113 Å². The number of aromatic nitrogens is 4. The molecule has 0 aromatic carbocycles. The molecule has 102 valence electrons. The molecule has 0 amide bonds. The summed E-state index contributed by atoms with van der Waals surface area (Å²) < 4.78 is 4.13. The van der Waals surface area contributed by atoms with Crippen molar-refractivity contribution < 1.29 is 0 Å². The second-order valence-electron chi connectivity index (χ2n) is 5.29. The Bertz CT molecular complexity index is 521. The number of hydrogen-bond acceptors (Lipinski definition) is 3. The minimum Gasteiger partial charge on any atom is -0.333 e. The molecule has 0 saturated carbocycles. The topological polar surface area (TPSA) is 47.7 Å². The predicted molar refractivity (Wildman–Crippen MR) is 73.7 cm³/mol. The fourth-order valence-corrected chi connectivity index (χ4v) is 2.76. The molecule has 1 atom stereocenters. The van der Waals surface area contributed by atoms with Gasteiger partial charge in [-0.05, 0) is 31.4 Å². The third kappa shape index (κ3) is 2.87. The fourth-order valence-electron chi connectivity index (χ4n) is 2.76. The van der Waals surface area contributed by atoms with Crippen LogP contribution >= 0.6 is 0 Å². The average Bonchev–Trinajstić information content (AvgIpc) is 3.06. The van der Waals surface area contributed by atoms with E-state index in [9.17, 15) is 0 Å². The Hall–Kier alpha value is -1.62. The Morgan fingerprint density at radius 1 is 1.37 bits per heavy atom. The molecular formula is C14H21N5. The summed E-state index contributed by atoms with van der Waals surface area (Å²) >= 11 is 0. The van der Waals surface area contributed by atoms with E-state index in [0.29, 0.717) is 6.04 Å². The molecule has 0 radical (unpaired) electrons. The lowest BCUT2D eigenvalue weighted by Crippen LogP contribution is -2.28. The third-order valence-corrected chi connectivity index (χ3v) is 3.81. The van der Waals surface area contributed by atoms with Crippen molar-refractivity contribution in [3.05, 3.63) is 36.2 Å². The Morgan fingerprint density at radius 3 is 3.05 bits per heavy atom. The summed E-state index contributed by atoms with van der Waals surface area (Å²) in [6, 6.07) is 0.477. The lowest BCUT2D eigenvalue weighted by Gasteiger charge is -2.24. The maximum atomic E-state index is 4.32. The van der Waals surface area contributed by atoms with Gasteiger partial charge in [0.2, 0.25) is 0 Å². The number of aryl methyl sites for hydroxylation is 3. The minimum atomic E-state index is 0.477. The molecule has 0 spiro atoms. The smallest absolute Gasteiger partial charge is 0.0948 e. The quantitative estimate of drug-likeness (QED) is 0.908. The zero-order valence-electron chi connectivity index (χ0n) is 11.4. The van der Waals surface area contributed by atoms with Crippen molar-refractivity contribution in [3.63, 3.8) is 0 Å². The van der Waals surface area contributed by atoms with E-state index in [-0.39, 0.29) is 0 Å². The SMILES string of the molecule is Cn1cc(CCn2cncc2C2CCCCN2)cn1. The molecule has 19 heavy (non-hydrogen) atoms. The second kappa shape index (κ2) is 5.57. The number of imidazole rings is 1. The van der Waals surface area contributed by atoms with Crippen LogP contribution in [0.1, 0.15) is 36.6 Å². The maximum Gasteiger partial charge on any atom is 0.0948 e. The number of nitrogens with zero attached hydrogens (tertiary/aromatic N) is 4. The average molecular weight is 259 g/mol. The second-order valence-corrected chi connectivity index (χ2v) is 5.29. The van der Waals surface area contributed by atoms with E-state index in [1.807, 2.05) is 30.5 Å². The van der Waals surface area contributed by atoms with E-state index < -0.39 is 0 Å². The van der Waals surface area contributed by atoms with Crippen molar-refractivity contribution >= 4 is 0 Å². The van der Waals surface area contributed by atoms with Crippen LogP contribution < -0.4 is 5.32 Å². The van der Waals surface area contributed by atoms with Gasteiger partial charge in [0.25, 0.3) is 0 Å². The van der Waals surface area contributed by atoms with Gasteiger partial charge in [0.1, 0.15) is 0 Å². The highest BCUT2D eigenvalue weighted by molar-refractivity contribution is 5.08. The summed E-state index contributed by atoms with van der Waals surface area (Å²) in [5.74, 6) is 0. The highest BCUT2D eigenvalue weighted by Crippen LogP contribution is 2.22.